The second kappa shape index (κ2) is 3.98. The van der Waals surface area contributed by atoms with E-state index in [1.165, 1.54) is 12.1 Å². The van der Waals surface area contributed by atoms with E-state index in [0.29, 0.717) is 6.54 Å². The Kier molecular flexibility index (Phi) is 3.17. The van der Waals surface area contributed by atoms with Crippen molar-refractivity contribution in [2.75, 3.05) is 6.54 Å². The number of halogens is 1. The van der Waals surface area contributed by atoms with Crippen molar-refractivity contribution in [3.8, 4) is 11.5 Å². The maximum Gasteiger partial charge on any atom is 0.158 e. The molecule has 0 aliphatic rings. The van der Waals surface area contributed by atoms with Gasteiger partial charge in [0.15, 0.2) is 11.5 Å². The Hall–Kier alpha value is -0.740. The summed E-state index contributed by atoms with van der Waals surface area (Å²) in [6.07, 6.45) is 0. The Labute approximate surface area is 85.3 Å². The van der Waals surface area contributed by atoms with E-state index in [9.17, 15) is 5.11 Å². The third kappa shape index (κ3) is 2.14. The van der Waals surface area contributed by atoms with Crippen LogP contribution >= 0.6 is 15.9 Å². The largest absolute Gasteiger partial charge is 0.504 e. The van der Waals surface area contributed by atoms with Crippen molar-refractivity contribution >= 4 is 15.9 Å². The standard InChI is InChI=1S/C9H12BrNO2/c1-5(4-11)6-2-8(12)9(13)3-7(6)10/h2-3,5,12-13H,4,11H2,1H3. The lowest BCUT2D eigenvalue weighted by Crippen LogP contribution is -2.09. The van der Waals surface area contributed by atoms with Crippen LogP contribution in [0.3, 0.4) is 0 Å². The Morgan fingerprint density at radius 1 is 1.38 bits per heavy atom. The molecule has 0 saturated heterocycles. The molecule has 0 radical (unpaired) electrons. The van der Waals surface area contributed by atoms with Crippen LogP contribution in [0.15, 0.2) is 16.6 Å². The average molecular weight is 246 g/mol. The molecule has 0 aliphatic heterocycles. The van der Waals surface area contributed by atoms with Crippen LogP contribution in [0.5, 0.6) is 11.5 Å². The van der Waals surface area contributed by atoms with E-state index in [1.807, 2.05) is 6.92 Å². The fourth-order valence-corrected chi connectivity index (χ4v) is 1.79. The van der Waals surface area contributed by atoms with Crippen LogP contribution in [-0.4, -0.2) is 16.8 Å². The summed E-state index contributed by atoms with van der Waals surface area (Å²) in [5.74, 6) is -0.0841. The molecule has 1 aromatic rings. The van der Waals surface area contributed by atoms with Gasteiger partial charge in [-0.2, -0.15) is 0 Å². The maximum absolute atomic E-state index is 9.26. The molecule has 1 atom stereocenters. The van der Waals surface area contributed by atoms with Crippen molar-refractivity contribution in [3.63, 3.8) is 0 Å². The molecule has 3 nitrogen and oxygen atoms in total. The van der Waals surface area contributed by atoms with Gasteiger partial charge in [-0.05, 0) is 30.2 Å². The van der Waals surface area contributed by atoms with Crippen molar-refractivity contribution in [2.45, 2.75) is 12.8 Å². The third-order valence-electron chi connectivity index (χ3n) is 1.98. The highest BCUT2D eigenvalue weighted by atomic mass is 79.9. The molecule has 0 saturated carbocycles. The van der Waals surface area contributed by atoms with E-state index in [2.05, 4.69) is 15.9 Å². The summed E-state index contributed by atoms with van der Waals surface area (Å²) < 4.78 is 0.765. The van der Waals surface area contributed by atoms with E-state index < -0.39 is 0 Å². The SMILES string of the molecule is CC(CN)c1cc(O)c(O)cc1Br. The van der Waals surface area contributed by atoms with Gasteiger partial charge < -0.3 is 15.9 Å². The zero-order valence-corrected chi connectivity index (χ0v) is 8.87. The first-order valence-electron chi connectivity index (χ1n) is 3.97. The van der Waals surface area contributed by atoms with E-state index >= 15 is 0 Å². The predicted octanol–water partition coefficient (Wildman–Crippen LogP) is 1.92. The van der Waals surface area contributed by atoms with Gasteiger partial charge in [0, 0.05) is 4.47 Å². The number of hydrogen-bond donors (Lipinski definition) is 3. The highest BCUT2D eigenvalue weighted by molar-refractivity contribution is 9.10. The van der Waals surface area contributed by atoms with Crippen molar-refractivity contribution in [3.05, 3.63) is 22.2 Å². The summed E-state index contributed by atoms with van der Waals surface area (Å²) in [5, 5.41) is 18.4. The number of aromatic hydroxyl groups is 2. The molecule has 4 heteroatoms. The van der Waals surface area contributed by atoms with Crippen LogP contribution in [0.1, 0.15) is 18.4 Å². The molecule has 0 bridgehead atoms. The molecule has 72 valence electrons. The van der Waals surface area contributed by atoms with E-state index in [1.54, 1.807) is 0 Å². The first kappa shape index (κ1) is 10.3. The van der Waals surface area contributed by atoms with Gasteiger partial charge in [0.25, 0.3) is 0 Å². The second-order valence-electron chi connectivity index (χ2n) is 3.00. The topological polar surface area (TPSA) is 66.5 Å². The molecule has 0 aliphatic carbocycles. The Balaban J connectivity index is 3.15. The number of hydrogen-bond acceptors (Lipinski definition) is 3. The minimum Gasteiger partial charge on any atom is -0.504 e. The third-order valence-corrected chi connectivity index (χ3v) is 2.67. The molecule has 1 aromatic carbocycles. The van der Waals surface area contributed by atoms with Crippen molar-refractivity contribution in [1.82, 2.24) is 0 Å². The predicted molar refractivity (Wildman–Crippen MR) is 54.9 cm³/mol. The second-order valence-corrected chi connectivity index (χ2v) is 3.85. The Bertz CT molecular complexity index is 315. The van der Waals surface area contributed by atoms with Crippen molar-refractivity contribution < 1.29 is 10.2 Å². The van der Waals surface area contributed by atoms with Gasteiger partial charge in [-0.25, -0.2) is 0 Å². The molecule has 0 spiro atoms. The summed E-state index contributed by atoms with van der Waals surface area (Å²) >= 11 is 3.30. The van der Waals surface area contributed by atoms with E-state index in [0.717, 1.165) is 10.0 Å². The molecule has 0 aromatic heterocycles. The maximum atomic E-state index is 9.26. The molecule has 0 amide bonds. The normalized spacial score (nSPS) is 12.8. The fraction of sp³-hybridized carbons (Fsp3) is 0.333. The van der Waals surface area contributed by atoms with Gasteiger partial charge in [-0.15, -0.1) is 0 Å². The summed E-state index contributed by atoms with van der Waals surface area (Å²) in [7, 11) is 0. The van der Waals surface area contributed by atoms with Crippen LogP contribution in [0, 0.1) is 0 Å². The van der Waals surface area contributed by atoms with Crippen LogP contribution in [0.2, 0.25) is 0 Å². The highest BCUT2D eigenvalue weighted by Crippen LogP contribution is 2.34. The smallest absolute Gasteiger partial charge is 0.158 e. The summed E-state index contributed by atoms with van der Waals surface area (Å²) in [5.41, 5.74) is 6.40. The van der Waals surface area contributed by atoms with Gasteiger partial charge in [-0.1, -0.05) is 22.9 Å². The summed E-state index contributed by atoms with van der Waals surface area (Å²) in [4.78, 5) is 0. The first-order valence-corrected chi connectivity index (χ1v) is 4.77. The number of phenols is 2. The number of phenolic OH excluding ortho intramolecular Hbond substituents is 2. The van der Waals surface area contributed by atoms with Crippen LogP contribution in [0.4, 0.5) is 0 Å². The zero-order valence-electron chi connectivity index (χ0n) is 7.29. The van der Waals surface area contributed by atoms with Gasteiger partial charge >= 0.3 is 0 Å². The van der Waals surface area contributed by atoms with Crippen molar-refractivity contribution in [1.29, 1.82) is 0 Å². The summed E-state index contributed by atoms with van der Waals surface area (Å²) in [6.45, 7) is 2.46. The molecular formula is C9H12BrNO2. The number of nitrogens with two attached hydrogens (primary N) is 1. The fourth-order valence-electron chi connectivity index (χ4n) is 1.07. The number of rotatable bonds is 2. The van der Waals surface area contributed by atoms with Crippen LogP contribution in [-0.2, 0) is 0 Å². The van der Waals surface area contributed by atoms with Crippen molar-refractivity contribution in [2.24, 2.45) is 5.73 Å². The minimum absolute atomic E-state index is 0.112. The molecular weight excluding hydrogens is 234 g/mol. The lowest BCUT2D eigenvalue weighted by molar-refractivity contribution is 0.402. The average Bonchev–Trinajstić information content (AvgIpc) is 2.10. The van der Waals surface area contributed by atoms with Gasteiger partial charge in [0.1, 0.15) is 0 Å². The van der Waals surface area contributed by atoms with E-state index in [4.69, 9.17) is 10.8 Å². The molecule has 4 N–H and O–H groups in total. The zero-order chi connectivity index (χ0) is 10.0. The minimum atomic E-state index is -0.125. The molecule has 1 unspecified atom stereocenters. The highest BCUT2D eigenvalue weighted by Gasteiger charge is 2.11. The van der Waals surface area contributed by atoms with Crippen LogP contribution in [0.25, 0.3) is 0 Å². The Morgan fingerprint density at radius 2 is 1.92 bits per heavy atom. The quantitative estimate of drug-likeness (QED) is 0.698. The van der Waals surface area contributed by atoms with Gasteiger partial charge in [0.2, 0.25) is 0 Å². The molecule has 13 heavy (non-hydrogen) atoms. The van der Waals surface area contributed by atoms with Gasteiger partial charge in [0.05, 0.1) is 0 Å². The molecule has 1 rings (SSSR count). The monoisotopic (exact) mass is 245 g/mol. The molecule has 0 fully saturated rings. The molecule has 0 heterocycles. The Morgan fingerprint density at radius 3 is 2.46 bits per heavy atom. The lowest BCUT2D eigenvalue weighted by atomic mass is 10.0. The summed E-state index contributed by atoms with van der Waals surface area (Å²) in [6, 6.07) is 2.99. The van der Waals surface area contributed by atoms with E-state index in [-0.39, 0.29) is 17.4 Å². The first-order chi connectivity index (χ1) is 6.06. The lowest BCUT2D eigenvalue weighted by Gasteiger charge is -2.12. The van der Waals surface area contributed by atoms with Gasteiger partial charge in [-0.3, -0.25) is 0 Å². The number of benzene rings is 1. The van der Waals surface area contributed by atoms with Crippen LogP contribution < -0.4 is 5.73 Å².